The maximum Gasteiger partial charge on any atom is 0.449 e. The molecule has 2 aliphatic rings. The zero-order valence-corrected chi connectivity index (χ0v) is 19.6. The summed E-state index contributed by atoms with van der Waals surface area (Å²) in [5, 5.41) is 5.60. The van der Waals surface area contributed by atoms with E-state index >= 15 is 0 Å². The molecule has 0 radical (unpaired) electrons. The third-order valence-electron chi connectivity index (χ3n) is 5.81. The molecule has 34 heavy (non-hydrogen) atoms. The number of imidazole rings is 1. The summed E-state index contributed by atoms with van der Waals surface area (Å²) in [7, 11) is 2.76. The van der Waals surface area contributed by atoms with Crippen molar-refractivity contribution in [2.45, 2.75) is 63.2 Å². The lowest BCUT2D eigenvalue weighted by molar-refractivity contribution is -0.156. The highest BCUT2D eigenvalue weighted by Gasteiger charge is 2.43. The molecule has 2 amide bonds. The normalized spacial score (nSPS) is 21.7. The Bertz CT molecular complexity index is 843. The molecule has 3 atom stereocenters. The standard InChI is InChI=1S/C21H32F3N5O5/c1-13(29(14-5-6-14)18(30)17-10-25-9-15(34-17)12-32-2)16-11-28(19(27-16)21(22,23)24)8-4-7-26-20(31)33-3/h11,13-15,17,25H,4-10,12H2,1-3H3,(H,26,31)/t13-,15+,17-/m1/s1. The fourth-order valence-electron chi connectivity index (χ4n) is 4.03. The Morgan fingerprint density at radius 3 is 2.71 bits per heavy atom. The van der Waals surface area contributed by atoms with Crippen molar-refractivity contribution in [1.82, 2.24) is 25.1 Å². The number of halogens is 3. The Labute approximate surface area is 196 Å². The van der Waals surface area contributed by atoms with E-state index < -0.39 is 30.2 Å². The van der Waals surface area contributed by atoms with Crippen LogP contribution in [0.25, 0.3) is 0 Å². The maximum absolute atomic E-state index is 13.7. The van der Waals surface area contributed by atoms with Crippen molar-refractivity contribution in [3.05, 3.63) is 17.7 Å². The van der Waals surface area contributed by atoms with Crippen molar-refractivity contribution in [3.63, 3.8) is 0 Å². The van der Waals surface area contributed by atoms with Crippen LogP contribution in [0, 0.1) is 0 Å². The predicted molar refractivity (Wildman–Crippen MR) is 114 cm³/mol. The van der Waals surface area contributed by atoms with E-state index in [1.54, 1.807) is 18.9 Å². The van der Waals surface area contributed by atoms with Crippen LogP contribution in [0.15, 0.2) is 6.20 Å². The molecule has 0 spiro atoms. The van der Waals surface area contributed by atoms with Gasteiger partial charge in [-0.15, -0.1) is 0 Å². The van der Waals surface area contributed by atoms with Crippen LogP contribution in [0.3, 0.4) is 0 Å². The summed E-state index contributed by atoms with van der Waals surface area (Å²) in [5.74, 6) is -1.31. The van der Waals surface area contributed by atoms with E-state index in [2.05, 4.69) is 20.4 Å². The molecule has 1 aromatic rings. The minimum atomic E-state index is -4.66. The van der Waals surface area contributed by atoms with Gasteiger partial charge in [-0.1, -0.05) is 0 Å². The van der Waals surface area contributed by atoms with Gasteiger partial charge >= 0.3 is 12.3 Å². The van der Waals surface area contributed by atoms with Gasteiger partial charge in [0.2, 0.25) is 5.82 Å². The Morgan fingerprint density at radius 2 is 2.09 bits per heavy atom. The quantitative estimate of drug-likeness (QED) is 0.480. The van der Waals surface area contributed by atoms with Gasteiger partial charge in [0.25, 0.3) is 5.91 Å². The Balaban J connectivity index is 1.75. The fourth-order valence-corrected chi connectivity index (χ4v) is 4.03. The first-order chi connectivity index (χ1) is 16.2. The number of methoxy groups -OCH3 is 2. The molecule has 2 N–H and O–H groups in total. The number of alkyl carbamates (subject to hydrolysis) is 1. The SMILES string of the molecule is COC[C@@H]1CNC[C@H](C(=O)N(C2CC2)[C@H](C)c2cn(CCCNC(=O)OC)c(C(F)(F)F)n2)O1. The van der Waals surface area contributed by atoms with Gasteiger partial charge in [-0.25, -0.2) is 9.78 Å². The molecule has 0 aromatic carbocycles. The van der Waals surface area contributed by atoms with Crippen LogP contribution in [-0.4, -0.2) is 85.2 Å². The Morgan fingerprint density at radius 1 is 1.35 bits per heavy atom. The minimum absolute atomic E-state index is 0.00964. The number of hydrogen-bond acceptors (Lipinski definition) is 7. The summed E-state index contributed by atoms with van der Waals surface area (Å²) in [5.41, 5.74) is 0.158. The third-order valence-corrected chi connectivity index (χ3v) is 5.81. The molecular formula is C21H32F3N5O5. The summed E-state index contributed by atoms with van der Waals surface area (Å²) in [6.07, 6.45) is -3.19. The van der Waals surface area contributed by atoms with Crippen molar-refractivity contribution < 1.29 is 37.0 Å². The second-order valence-corrected chi connectivity index (χ2v) is 8.47. The van der Waals surface area contributed by atoms with Crippen molar-refractivity contribution >= 4 is 12.0 Å². The third kappa shape index (κ3) is 6.60. The van der Waals surface area contributed by atoms with Crippen LogP contribution < -0.4 is 10.6 Å². The molecule has 0 bridgehead atoms. The highest BCUT2D eigenvalue weighted by Crippen LogP contribution is 2.37. The monoisotopic (exact) mass is 491 g/mol. The lowest BCUT2D eigenvalue weighted by Crippen LogP contribution is -2.54. The molecular weight excluding hydrogens is 459 g/mol. The number of carbonyl (C=O) groups is 2. The van der Waals surface area contributed by atoms with Crippen LogP contribution in [0.5, 0.6) is 0 Å². The number of nitrogens with zero attached hydrogens (tertiary/aromatic N) is 3. The summed E-state index contributed by atoms with van der Waals surface area (Å²) >= 11 is 0. The Kier molecular flexibility index (Phi) is 8.77. The minimum Gasteiger partial charge on any atom is -0.453 e. The van der Waals surface area contributed by atoms with E-state index in [9.17, 15) is 22.8 Å². The average Bonchev–Trinajstić information content (AvgIpc) is 3.53. The number of hydrogen-bond donors (Lipinski definition) is 2. The van der Waals surface area contributed by atoms with Crippen molar-refractivity contribution in [1.29, 1.82) is 0 Å². The van der Waals surface area contributed by atoms with Crippen molar-refractivity contribution in [2.75, 3.05) is 40.5 Å². The number of aromatic nitrogens is 2. The fraction of sp³-hybridized carbons (Fsp3) is 0.762. The lowest BCUT2D eigenvalue weighted by Gasteiger charge is -2.36. The summed E-state index contributed by atoms with van der Waals surface area (Å²) in [6, 6.07) is -0.723. The van der Waals surface area contributed by atoms with Gasteiger partial charge in [0.05, 0.1) is 31.6 Å². The van der Waals surface area contributed by atoms with Gasteiger partial charge in [0.1, 0.15) is 6.10 Å². The van der Waals surface area contributed by atoms with Gasteiger partial charge < -0.3 is 34.3 Å². The summed E-state index contributed by atoms with van der Waals surface area (Å²) in [4.78, 5) is 30.0. The highest BCUT2D eigenvalue weighted by atomic mass is 19.4. The molecule has 1 aromatic heterocycles. The molecule has 1 aliphatic carbocycles. The molecule has 1 saturated heterocycles. The van der Waals surface area contributed by atoms with Gasteiger partial charge in [-0.05, 0) is 26.2 Å². The number of alkyl halides is 3. The van der Waals surface area contributed by atoms with E-state index in [-0.39, 0.29) is 43.3 Å². The largest absolute Gasteiger partial charge is 0.453 e. The van der Waals surface area contributed by atoms with Gasteiger partial charge in [0, 0.05) is 45.5 Å². The molecule has 2 heterocycles. The van der Waals surface area contributed by atoms with E-state index in [4.69, 9.17) is 9.47 Å². The van der Waals surface area contributed by atoms with Crippen LogP contribution in [0.2, 0.25) is 0 Å². The number of morpholine rings is 1. The molecule has 1 aliphatic heterocycles. The van der Waals surface area contributed by atoms with Crippen molar-refractivity contribution in [2.24, 2.45) is 0 Å². The maximum atomic E-state index is 13.7. The van der Waals surface area contributed by atoms with Gasteiger partial charge in [0.15, 0.2) is 0 Å². The van der Waals surface area contributed by atoms with Crippen LogP contribution in [0.1, 0.15) is 43.7 Å². The van der Waals surface area contributed by atoms with Gasteiger partial charge in [-0.2, -0.15) is 13.2 Å². The number of nitrogens with one attached hydrogen (secondary N) is 2. The zero-order chi connectivity index (χ0) is 24.9. The molecule has 192 valence electrons. The van der Waals surface area contributed by atoms with E-state index in [1.165, 1.54) is 13.3 Å². The van der Waals surface area contributed by atoms with Crippen molar-refractivity contribution in [3.8, 4) is 0 Å². The van der Waals surface area contributed by atoms with E-state index in [0.717, 1.165) is 17.4 Å². The molecule has 13 heteroatoms. The molecule has 10 nitrogen and oxygen atoms in total. The van der Waals surface area contributed by atoms with Crippen LogP contribution >= 0.6 is 0 Å². The number of ether oxygens (including phenoxy) is 3. The number of carbonyl (C=O) groups excluding carboxylic acids is 2. The molecule has 3 rings (SSSR count). The smallest absolute Gasteiger partial charge is 0.449 e. The summed E-state index contributed by atoms with van der Waals surface area (Å²) in [6.45, 7) is 3.04. The first kappa shape index (κ1) is 26.2. The molecule has 2 fully saturated rings. The van der Waals surface area contributed by atoms with Crippen LogP contribution in [-0.2, 0) is 31.7 Å². The first-order valence-electron chi connectivity index (χ1n) is 11.3. The topological polar surface area (TPSA) is 107 Å². The highest BCUT2D eigenvalue weighted by molar-refractivity contribution is 5.82. The zero-order valence-electron chi connectivity index (χ0n) is 19.6. The van der Waals surface area contributed by atoms with Gasteiger partial charge in [-0.3, -0.25) is 4.79 Å². The predicted octanol–water partition coefficient (Wildman–Crippen LogP) is 1.70. The number of rotatable bonds is 10. The van der Waals surface area contributed by atoms with E-state index in [1.807, 2.05) is 0 Å². The summed E-state index contributed by atoms with van der Waals surface area (Å²) < 4.78 is 57.5. The second-order valence-electron chi connectivity index (χ2n) is 8.47. The average molecular weight is 492 g/mol. The molecule has 1 saturated carbocycles. The number of aryl methyl sites for hydroxylation is 1. The van der Waals surface area contributed by atoms with E-state index in [0.29, 0.717) is 19.7 Å². The number of amides is 2. The molecule has 0 unspecified atom stereocenters. The Hall–Kier alpha value is -2.38. The lowest BCUT2D eigenvalue weighted by atomic mass is 10.1. The van der Waals surface area contributed by atoms with Crippen LogP contribution in [0.4, 0.5) is 18.0 Å². The second kappa shape index (κ2) is 11.4. The first-order valence-corrected chi connectivity index (χ1v) is 11.3.